The Hall–Kier alpha value is -1.93. The lowest BCUT2D eigenvalue weighted by Crippen LogP contribution is -2.29. The van der Waals surface area contributed by atoms with Crippen molar-refractivity contribution in [1.29, 1.82) is 0 Å². The molecule has 1 aromatic heterocycles. The van der Waals surface area contributed by atoms with E-state index in [4.69, 9.17) is 5.73 Å². The SMILES string of the molecule is Cc1cc(N)c(S(=O)(=O)NC(C)c2nncn2C)cc1C. The highest BCUT2D eigenvalue weighted by Gasteiger charge is 2.23. The van der Waals surface area contributed by atoms with E-state index in [2.05, 4.69) is 14.9 Å². The molecule has 0 amide bonds. The number of sulfonamides is 1. The summed E-state index contributed by atoms with van der Waals surface area (Å²) in [5.74, 6) is 0.529. The molecule has 0 aliphatic heterocycles. The molecule has 0 saturated carbocycles. The maximum Gasteiger partial charge on any atom is 0.243 e. The molecule has 0 aliphatic carbocycles. The van der Waals surface area contributed by atoms with Gasteiger partial charge in [0.15, 0.2) is 0 Å². The molecule has 114 valence electrons. The highest BCUT2D eigenvalue weighted by atomic mass is 32.2. The minimum absolute atomic E-state index is 0.0830. The third-order valence-electron chi connectivity index (χ3n) is 3.38. The van der Waals surface area contributed by atoms with Gasteiger partial charge in [0, 0.05) is 7.05 Å². The van der Waals surface area contributed by atoms with Gasteiger partial charge in [-0.25, -0.2) is 13.1 Å². The van der Waals surface area contributed by atoms with Crippen molar-refractivity contribution in [2.75, 3.05) is 5.73 Å². The number of nitrogens with two attached hydrogens (primary N) is 1. The van der Waals surface area contributed by atoms with Crippen LogP contribution in [0, 0.1) is 13.8 Å². The van der Waals surface area contributed by atoms with Crippen molar-refractivity contribution >= 4 is 15.7 Å². The number of aromatic nitrogens is 3. The fraction of sp³-hybridized carbons (Fsp3) is 0.385. The summed E-state index contributed by atoms with van der Waals surface area (Å²) < 4.78 is 29.2. The van der Waals surface area contributed by atoms with Crippen molar-refractivity contribution in [1.82, 2.24) is 19.5 Å². The lowest BCUT2D eigenvalue weighted by atomic mass is 10.1. The van der Waals surface area contributed by atoms with E-state index in [-0.39, 0.29) is 10.6 Å². The molecular formula is C13H19N5O2S. The summed E-state index contributed by atoms with van der Waals surface area (Å²) in [6.07, 6.45) is 1.52. The molecule has 0 spiro atoms. The number of benzene rings is 1. The van der Waals surface area contributed by atoms with Gasteiger partial charge in [-0.05, 0) is 44.0 Å². The number of nitrogens with zero attached hydrogens (tertiary/aromatic N) is 3. The Balaban J connectivity index is 2.35. The maximum atomic E-state index is 12.5. The normalized spacial score (nSPS) is 13.3. The Bertz CT molecular complexity index is 767. The summed E-state index contributed by atoms with van der Waals surface area (Å²) in [4.78, 5) is 0.0830. The lowest BCUT2D eigenvalue weighted by Gasteiger charge is -2.15. The molecule has 2 aromatic rings. The molecule has 1 aromatic carbocycles. The molecule has 0 aliphatic rings. The molecule has 0 fully saturated rings. The van der Waals surface area contributed by atoms with Crippen molar-refractivity contribution < 1.29 is 8.42 Å². The van der Waals surface area contributed by atoms with Crippen LogP contribution in [-0.4, -0.2) is 23.2 Å². The summed E-state index contributed by atoms with van der Waals surface area (Å²) >= 11 is 0. The fourth-order valence-electron chi connectivity index (χ4n) is 2.08. The first-order chi connectivity index (χ1) is 9.72. The Morgan fingerprint density at radius 3 is 2.48 bits per heavy atom. The van der Waals surface area contributed by atoms with Gasteiger partial charge in [-0.1, -0.05) is 0 Å². The minimum atomic E-state index is -3.73. The van der Waals surface area contributed by atoms with E-state index in [0.717, 1.165) is 11.1 Å². The number of anilines is 1. The van der Waals surface area contributed by atoms with E-state index in [9.17, 15) is 8.42 Å². The van der Waals surface area contributed by atoms with Crippen LogP contribution in [0.4, 0.5) is 5.69 Å². The van der Waals surface area contributed by atoms with Crippen LogP contribution < -0.4 is 10.5 Å². The Labute approximate surface area is 124 Å². The Morgan fingerprint density at radius 2 is 1.90 bits per heavy atom. The largest absolute Gasteiger partial charge is 0.398 e. The van der Waals surface area contributed by atoms with Gasteiger partial charge >= 0.3 is 0 Å². The lowest BCUT2D eigenvalue weighted by molar-refractivity contribution is 0.553. The van der Waals surface area contributed by atoms with Crippen molar-refractivity contribution in [3.63, 3.8) is 0 Å². The molecule has 3 N–H and O–H groups in total. The number of aryl methyl sites for hydroxylation is 3. The monoisotopic (exact) mass is 309 g/mol. The second kappa shape index (κ2) is 5.45. The van der Waals surface area contributed by atoms with Crippen LogP contribution in [0.3, 0.4) is 0 Å². The van der Waals surface area contributed by atoms with Gasteiger partial charge < -0.3 is 10.3 Å². The number of hydrogen-bond donors (Lipinski definition) is 2. The second-order valence-electron chi connectivity index (χ2n) is 5.12. The topological polar surface area (TPSA) is 103 Å². The molecule has 1 unspecified atom stereocenters. The first-order valence-corrected chi connectivity index (χ1v) is 7.93. The molecule has 0 radical (unpaired) electrons. The summed E-state index contributed by atoms with van der Waals surface area (Å²) in [7, 11) is -1.97. The van der Waals surface area contributed by atoms with E-state index in [0.29, 0.717) is 5.82 Å². The standard InChI is InChI=1S/C13H19N5O2S/c1-8-5-11(14)12(6-9(8)2)21(19,20)17-10(3)13-16-15-7-18(13)4/h5-7,10,17H,14H2,1-4H3. The molecule has 21 heavy (non-hydrogen) atoms. The molecule has 1 atom stereocenters. The zero-order valence-electron chi connectivity index (χ0n) is 12.5. The van der Waals surface area contributed by atoms with Gasteiger partial charge in [0.1, 0.15) is 17.0 Å². The zero-order chi connectivity index (χ0) is 15.8. The average molecular weight is 309 g/mol. The van der Waals surface area contributed by atoms with E-state index < -0.39 is 16.1 Å². The van der Waals surface area contributed by atoms with E-state index >= 15 is 0 Å². The average Bonchev–Trinajstić information content (AvgIpc) is 2.79. The van der Waals surface area contributed by atoms with Gasteiger partial charge in [0.05, 0.1) is 11.7 Å². The zero-order valence-corrected chi connectivity index (χ0v) is 13.3. The maximum absolute atomic E-state index is 12.5. The molecule has 7 nitrogen and oxygen atoms in total. The van der Waals surface area contributed by atoms with Crippen LogP contribution >= 0.6 is 0 Å². The van der Waals surface area contributed by atoms with E-state index in [1.807, 2.05) is 13.8 Å². The number of rotatable bonds is 4. The van der Waals surface area contributed by atoms with Gasteiger partial charge in [-0.3, -0.25) is 0 Å². The third-order valence-corrected chi connectivity index (χ3v) is 4.98. The quantitative estimate of drug-likeness (QED) is 0.822. The van der Waals surface area contributed by atoms with Gasteiger partial charge in [-0.15, -0.1) is 10.2 Å². The van der Waals surface area contributed by atoms with Gasteiger partial charge in [0.25, 0.3) is 0 Å². The van der Waals surface area contributed by atoms with Gasteiger partial charge in [-0.2, -0.15) is 0 Å². The highest BCUT2D eigenvalue weighted by Crippen LogP contribution is 2.24. The smallest absolute Gasteiger partial charge is 0.243 e. The van der Waals surface area contributed by atoms with Crippen LogP contribution in [-0.2, 0) is 17.1 Å². The predicted octanol–water partition coefficient (Wildman–Crippen LogP) is 1.05. The van der Waals surface area contributed by atoms with E-state index in [1.165, 1.54) is 6.33 Å². The summed E-state index contributed by atoms with van der Waals surface area (Å²) in [6.45, 7) is 5.44. The molecular weight excluding hydrogens is 290 g/mol. The Kier molecular flexibility index (Phi) is 4.02. The number of hydrogen-bond acceptors (Lipinski definition) is 5. The van der Waals surface area contributed by atoms with Gasteiger partial charge in [0.2, 0.25) is 10.0 Å². The van der Waals surface area contributed by atoms with Crippen LogP contribution in [0.25, 0.3) is 0 Å². The number of nitrogens with one attached hydrogen (secondary N) is 1. The summed E-state index contributed by atoms with van der Waals surface area (Å²) in [5, 5.41) is 7.64. The highest BCUT2D eigenvalue weighted by molar-refractivity contribution is 7.89. The Morgan fingerprint density at radius 1 is 1.29 bits per heavy atom. The van der Waals surface area contributed by atoms with Crippen molar-refractivity contribution in [2.45, 2.75) is 31.7 Å². The molecule has 1 heterocycles. The first kappa shape index (κ1) is 15.5. The second-order valence-corrected chi connectivity index (χ2v) is 6.80. The number of nitrogen functional groups attached to an aromatic ring is 1. The summed E-state index contributed by atoms with van der Waals surface area (Å²) in [5.41, 5.74) is 7.90. The van der Waals surface area contributed by atoms with Crippen LogP contribution in [0.1, 0.15) is 29.9 Å². The van der Waals surface area contributed by atoms with E-state index in [1.54, 1.807) is 30.7 Å². The first-order valence-electron chi connectivity index (χ1n) is 6.45. The van der Waals surface area contributed by atoms with Crippen LogP contribution in [0.5, 0.6) is 0 Å². The fourth-order valence-corrected chi connectivity index (χ4v) is 3.48. The van der Waals surface area contributed by atoms with Crippen LogP contribution in [0.15, 0.2) is 23.4 Å². The molecule has 2 rings (SSSR count). The predicted molar refractivity (Wildman–Crippen MR) is 80.1 cm³/mol. The molecule has 0 bridgehead atoms. The van der Waals surface area contributed by atoms with Crippen molar-refractivity contribution in [3.8, 4) is 0 Å². The minimum Gasteiger partial charge on any atom is -0.398 e. The van der Waals surface area contributed by atoms with Crippen molar-refractivity contribution in [3.05, 3.63) is 35.4 Å². The molecule has 0 saturated heterocycles. The van der Waals surface area contributed by atoms with Crippen LogP contribution in [0.2, 0.25) is 0 Å². The van der Waals surface area contributed by atoms with Crippen molar-refractivity contribution in [2.24, 2.45) is 7.05 Å². The third kappa shape index (κ3) is 3.06. The molecule has 8 heteroatoms. The summed E-state index contributed by atoms with van der Waals surface area (Å²) in [6, 6.07) is 2.73.